The van der Waals surface area contributed by atoms with Crippen molar-refractivity contribution in [3.05, 3.63) is 0 Å². The lowest BCUT2D eigenvalue weighted by molar-refractivity contribution is -0.159. The van der Waals surface area contributed by atoms with E-state index >= 15 is 0 Å². The molecule has 0 heterocycles. The Hall–Kier alpha value is -1.14. The average Bonchev–Trinajstić information content (AvgIpc) is 1.98. The Morgan fingerprint density at radius 1 is 1.21 bits per heavy atom. The van der Waals surface area contributed by atoms with Crippen molar-refractivity contribution < 1.29 is 19.4 Å². The molecule has 0 rings (SSSR count). The van der Waals surface area contributed by atoms with Crippen molar-refractivity contribution in [1.29, 1.82) is 0 Å². The van der Waals surface area contributed by atoms with Crippen LogP contribution >= 0.6 is 0 Å². The highest BCUT2D eigenvalue weighted by molar-refractivity contribution is 5.86. The third-order valence-electron chi connectivity index (χ3n) is 1.35. The predicted molar refractivity (Wildman–Crippen MR) is 49.4 cm³/mol. The summed E-state index contributed by atoms with van der Waals surface area (Å²) in [5, 5.41) is 8.49. The summed E-state index contributed by atoms with van der Waals surface area (Å²) < 4.78 is 4.86. The third kappa shape index (κ3) is 4.20. The lowest BCUT2D eigenvalue weighted by atomic mass is 10.1. The van der Waals surface area contributed by atoms with Gasteiger partial charge in [0.1, 0.15) is 17.7 Å². The van der Waals surface area contributed by atoms with Gasteiger partial charge in [0.2, 0.25) is 0 Å². The summed E-state index contributed by atoms with van der Waals surface area (Å²) in [4.78, 5) is 21.6. The SMILES string of the molecule is CC(C)(C)OC(=O)[C@H](N)[C@H](N)C(=O)O. The highest BCUT2D eigenvalue weighted by Crippen LogP contribution is 2.08. The Labute approximate surface area is 82.2 Å². The molecular weight excluding hydrogens is 188 g/mol. The number of hydrogen-bond donors (Lipinski definition) is 3. The maximum Gasteiger partial charge on any atom is 0.325 e. The smallest absolute Gasteiger partial charge is 0.325 e. The van der Waals surface area contributed by atoms with Crippen LogP contribution in [0.4, 0.5) is 0 Å². The van der Waals surface area contributed by atoms with E-state index in [0.717, 1.165) is 0 Å². The fourth-order valence-electron chi connectivity index (χ4n) is 0.670. The number of carbonyl (C=O) groups is 2. The van der Waals surface area contributed by atoms with Crippen LogP contribution in [0.15, 0.2) is 0 Å². The van der Waals surface area contributed by atoms with E-state index < -0.39 is 29.6 Å². The molecule has 5 N–H and O–H groups in total. The summed E-state index contributed by atoms with van der Waals surface area (Å²) >= 11 is 0. The van der Waals surface area contributed by atoms with Gasteiger partial charge in [-0.2, -0.15) is 0 Å². The Kier molecular flexibility index (Phi) is 4.03. The van der Waals surface area contributed by atoms with Crippen LogP contribution in [-0.2, 0) is 14.3 Å². The van der Waals surface area contributed by atoms with Crippen molar-refractivity contribution in [3.63, 3.8) is 0 Å². The molecule has 2 atom stereocenters. The second-order valence-corrected chi connectivity index (χ2v) is 3.92. The van der Waals surface area contributed by atoms with Crippen molar-refractivity contribution in [2.45, 2.75) is 38.5 Å². The van der Waals surface area contributed by atoms with Crippen molar-refractivity contribution in [2.24, 2.45) is 11.5 Å². The molecule has 0 radical (unpaired) electrons. The number of rotatable bonds is 3. The van der Waals surface area contributed by atoms with E-state index in [0.29, 0.717) is 0 Å². The molecule has 82 valence electrons. The molecule has 0 spiro atoms. The fraction of sp³-hybridized carbons (Fsp3) is 0.750. The topological polar surface area (TPSA) is 116 Å². The van der Waals surface area contributed by atoms with Crippen LogP contribution in [0.3, 0.4) is 0 Å². The van der Waals surface area contributed by atoms with Crippen LogP contribution in [0.25, 0.3) is 0 Å². The van der Waals surface area contributed by atoms with Gasteiger partial charge in [0.25, 0.3) is 0 Å². The first kappa shape index (κ1) is 12.9. The first-order chi connectivity index (χ1) is 6.15. The van der Waals surface area contributed by atoms with E-state index in [1.807, 2.05) is 0 Å². The first-order valence-corrected chi connectivity index (χ1v) is 4.12. The monoisotopic (exact) mass is 204 g/mol. The standard InChI is InChI=1S/C8H16N2O4/c1-8(2,3)14-7(13)5(10)4(9)6(11)12/h4-5H,9-10H2,1-3H3,(H,11,12)/t4-,5+/m0/s1. The fourth-order valence-corrected chi connectivity index (χ4v) is 0.670. The summed E-state index contributed by atoms with van der Waals surface area (Å²) in [5.41, 5.74) is 9.74. The summed E-state index contributed by atoms with van der Waals surface area (Å²) in [6.07, 6.45) is 0. The maximum absolute atomic E-state index is 11.2. The zero-order valence-electron chi connectivity index (χ0n) is 8.48. The zero-order chi connectivity index (χ0) is 11.5. The molecule has 0 bridgehead atoms. The van der Waals surface area contributed by atoms with Crippen LogP contribution in [0.2, 0.25) is 0 Å². The number of ether oxygens (including phenoxy) is 1. The number of carboxylic acid groups (broad SMARTS) is 1. The van der Waals surface area contributed by atoms with Gasteiger partial charge in [-0.3, -0.25) is 9.59 Å². The quantitative estimate of drug-likeness (QED) is 0.511. The molecule has 14 heavy (non-hydrogen) atoms. The molecule has 0 aromatic heterocycles. The van der Waals surface area contributed by atoms with E-state index in [1.165, 1.54) is 0 Å². The molecule has 0 amide bonds. The molecule has 6 heteroatoms. The van der Waals surface area contributed by atoms with Crippen LogP contribution in [-0.4, -0.2) is 34.7 Å². The molecule has 0 saturated heterocycles. The van der Waals surface area contributed by atoms with Crippen LogP contribution < -0.4 is 11.5 Å². The lowest BCUT2D eigenvalue weighted by Crippen LogP contribution is -2.53. The van der Waals surface area contributed by atoms with Crippen LogP contribution in [0.1, 0.15) is 20.8 Å². The highest BCUT2D eigenvalue weighted by Gasteiger charge is 2.30. The van der Waals surface area contributed by atoms with Crippen LogP contribution in [0.5, 0.6) is 0 Å². The largest absolute Gasteiger partial charge is 0.480 e. The molecule has 0 aliphatic carbocycles. The Morgan fingerprint density at radius 2 is 1.64 bits per heavy atom. The van der Waals surface area contributed by atoms with E-state index in [-0.39, 0.29) is 0 Å². The number of aliphatic carboxylic acids is 1. The summed E-state index contributed by atoms with van der Waals surface area (Å²) in [5.74, 6) is -2.14. The molecular formula is C8H16N2O4. The summed E-state index contributed by atoms with van der Waals surface area (Å²) in [7, 11) is 0. The highest BCUT2D eigenvalue weighted by atomic mass is 16.6. The zero-order valence-corrected chi connectivity index (χ0v) is 8.48. The molecule has 0 aromatic carbocycles. The molecule has 0 aromatic rings. The molecule has 0 aliphatic rings. The van der Waals surface area contributed by atoms with Crippen molar-refractivity contribution in [2.75, 3.05) is 0 Å². The van der Waals surface area contributed by atoms with Gasteiger partial charge in [0.05, 0.1) is 0 Å². The molecule has 0 saturated carbocycles. The molecule has 0 fully saturated rings. The maximum atomic E-state index is 11.2. The average molecular weight is 204 g/mol. The van der Waals surface area contributed by atoms with Crippen molar-refractivity contribution in [1.82, 2.24) is 0 Å². The number of carboxylic acids is 1. The predicted octanol–water partition coefficient (Wildman–Crippen LogP) is -0.933. The summed E-state index contributed by atoms with van der Waals surface area (Å²) in [6, 6.07) is -2.78. The van der Waals surface area contributed by atoms with Crippen LogP contribution in [0, 0.1) is 0 Å². The second-order valence-electron chi connectivity index (χ2n) is 3.92. The number of nitrogens with two attached hydrogens (primary N) is 2. The van der Waals surface area contributed by atoms with Gasteiger partial charge in [-0.1, -0.05) is 0 Å². The Morgan fingerprint density at radius 3 is 1.93 bits per heavy atom. The second kappa shape index (κ2) is 4.39. The van der Waals surface area contributed by atoms with E-state index in [4.69, 9.17) is 21.3 Å². The van der Waals surface area contributed by atoms with Crippen molar-refractivity contribution in [3.8, 4) is 0 Å². The van der Waals surface area contributed by atoms with E-state index in [9.17, 15) is 9.59 Å². The number of hydrogen-bond acceptors (Lipinski definition) is 5. The normalized spacial score (nSPS) is 15.8. The van der Waals surface area contributed by atoms with Gasteiger partial charge in [-0.15, -0.1) is 0 Å². The lowest BCUT2D eigenvalue weighted by Gasteiger charge is -2.23. The number of carbonyl (C=O) groups excluding carboxylic acids is 1. The van der Waals surface area contributed by atoms with E-state index in [2.05, 4.69) is 0 Å². The van der Waals surface area contributed by atoms with E-state index in [1.54, 1.807) is 20.8 Å². The van der Waals surface area contributed by atoms with Gasteiger partial charge in [0, 0.05) is 0 Å². The minimum atomic E-state index is -1.44. The first-order valence-electron chi connectivity index (χ1n) is 4.12. The van der Waals surface area contributed by atoms with Gasteiger partial charge >= 0.3 is 11.9 Å². The van der Waals surface area contributed by atoms with Gasteiger partial charge < -0.3 is 21.3 Å². The van der Waals surface area contributed by atoms with Gasteiger partial charge in [0.15, 0.2) is 0 Å². The molecule has 0 unspecified atom stereocenters. The third-order valence-corrected chi connectivity index (χ3v) is 1.35. The minimum absolute atomic E-state index is 0.701. The number of esters is 1. The molecule has 6 nitrogen and oxygen atoms in total. The molecule has 0 aliphatic heterocycles. The Bertz CT molecular complexity index is 234. The van der Waals surface area contributed by atoms with Gasteiger partial charge in [-0.05, 0) is 20.8 Å². The Balaban J connectivity index is 4.33. The van der Waals surface area contributed by atoms with Crippen molar-refractivity contribution >= 4 is 11.9 Å². The van der Waals surface area contributed by atoms with Gasteiger partial charge in [-0.25, -0.2) is 0 Å². The summed E-state index contributed by atoms with van der Waals surface area (Å²) in [6.45, 7) is 4.97. The minimum Gasteiger partial charge on any atom is -0.480 e.